The zero-order valence-electron chi connectivity index (χ0n) is 7.74. The first kappa shape index (κ1) is 10.5. The Morgan fingerprint density at radius 2 is 2.43 bits per heavy atom. The second-order valence-electron chi connectivity index (χ2n) is 3.08. The molecule has 78 valence electrons. The van der Waals surface area contributed by atoms with Crippen LogP contribution >= 0.6 is 0 Å². The fourth-order valence-electron chi connectivity index (χ4n) is 1.50. The molecule has 0 aromatic carbocycles. The number of nitrogens with one attached hydrogen (secondary N) is 2. The molecule has 0 saturated heterocycles. The maximum atomic E-state index is 11.2. The topological polar surface area (TPSA) is 110 Å². The molecule has 1 amide bonds. The summed E-state index contributed by atoms with van der Waals surface area (Å²) in [5.41, 5.74) is 8.55. The Morgan fingerprint density at radius 3 is 2.86 bits per heavy atom. The largest absolute Gasteiger partial charge is 0.367 e. The molecule has 0 radical (unpaired) electrons. The van der Waals surface area contributed by atoms with Crippen LogP contribution < -0.4 is 16.6 Å². The lowest BCUT2D eigenvalue weighted by Crippen LogP contribution is -2.57. The molecule has 4 N–H and O–H groups in total. The van der Waals surface area contributed by atoms with Crippen LogP contribution in [0.25, 0.3) is 0 Å². The van der Waals surface area contributed by atoms with E-state index in [4.69, 9.17) is 5.73 Å². The third kappa shape index (κ3) is 1.41. The molecule has 1 atom stereocenters. The number of hydrazine groups is 1. The third-order valence-corrected chi connectivity index (χ3v) is 2.17. The molecule has 0 aromatic heterocycles. The van der Waals surface area contributed by atoms with Crippen LogP contribution in [-0.4, -0.2) is 16.4 Å². The van der Waals surface area contributed by atoms with E-state index in [1.165, 1.54) is 0 Å². The van der Waals surface area contributed by atoms with Crippen LogP contribution in [0.3, 0.4) is 0 Å². The zero-order valence-corrected chi connectivity index (χ0v) is 7.74. The molecule has 0 spiro atoms. The Kier molecular flexibility index (Phi) is 2.70. The van der Waals surface area contributed by atoms with Crippen LogP contribution in [0.5, 0.6) is 0 Å². The van der Waals surface area contributed by atoms with Gasteiger partial charge in [-0.15, -0.1) is 0 Å². The second-order valence-corrected chi connectivity index (χ2v) is 3.08. The van der Waals surface area contributed by atoms with Gasteiger partial charge in [0.15, 0.2) is 0 Å². The van der Waals surface area contributed by atoms with Gasteiger partial charge >= 0.3 is 0 Å². The van der Waals surface area contributed by atoms with Gasteiger partial charge in [-0.2, -0.15) is 0 Å². The van der Waals surface area contributed by atoms with Crippen molar-refractivity contribution in [1.29, 1.82) is 0 Å². The molecule has 1 heterocycles. The lowest BCUT2D eigenvalue weighted by molar-refractivity contribution is -0.432. The van der Waals surface area contributed by atoms with E-state index in [9.17, 15) is 14.9 Å². The Labute approximate surface area is 80.5 Å². The maximum absolute atomic E-state index is 11.2. The van der Waals surface area contributed by atoms with Crippen LogP contribution in [0.2, 0.25) is 0 Å². The molecule has 0 aromatic rings. The van der Waals surface area contributed by atoms with Gasteiger partial charge < -0.3 is 11.2 Å². The van der Waals surface area contributed by atoms with Crippen molar-refractivity contribution < 1.29 is 9.72 Å². The number of rotatable bonds is 4. The highest BCUT2D eigenvalue weighted by Gasteiger charge is 2.50. The lowest BCUT2D eigenvalue weighted by Gasteiger charge is -2.22. The number of hydrogen-bond donors (Lipinski definition) is 3. The first-order valence-corrected chi connectivity index (χ1v) is 4.22. The van der Waals surface area contributed by atoms with Gasteiger partial charge in [0.2, 0.25) is 5.54 Å². The van der Waals surface area contributed by atoms with E-state index in [0.717, 1.165) is 6.20 Å². The maximum Gasteiger partial charge on any atom is 0.294 e. The number of carbonyl (C=O) groups excluding carboxylic acids is 1. The standard InChI is InChI=1S/C7H12N4O3/c1-2-3-7(6(8)12)5(11(13)14)4-9-10-7/h4,9-10H,2-3H2,1H3,(H2,8,12). The average Bonchev–Trinajstić information content (AvgIpc) is 2.50. The summed E-state index contributed by atoms with van der Waals surface area (Å²) >= 11 is 0. The summed E-state index contributed by atoms with van der Waals surface area (Å²) in [7, 11) is 0. The van der Waals surface area contributed by atoms with Crippen molar-refractivity contribution in [2.45, 2.75) is 25.3 Å². The third-order valence-electron chi connectivity index (χ3n) is 2.17. The molecule has 1 rings (SSSR count). The summed E-state index contributed by atoms with van der Waals surface area (Å²) in [4.78, 5) is 21.2. The van der Waals surface area contributed by atoms with Crippen LogP contribution in [-0.2, 0) is 4.79 Å². The highest BCUT2D eigenvalue weighted by Crippen LogP contribution is 2.25. The fourth-order valence-corrected chi connectivity index (χ4v) is 1.50. The van der Waals surface area contributed by atoms with Crippen molar-refractivity contribution >= 4 is 5.91 Å². The molecule has 0 aliphatic carbocycles. The normalized spacial score (nSPS) is 25.4. The Morgan fingerprint density at radius 1 is 1.79 bits per heavy atom. The monoisotopic (exact) mass is 200 g/mol. The van der Waals surface area contributed by atoms with Gasteiger partial charge in [-0.3, -0.25) is 14.9 Å². The summed E-state index contributed by atoms with van der Waals surface area (Å²) in [5.74, 6) is -0.743. The predicted octanol–water partition coefficient (Wildman–Crippen LogP) is -0.763. The van der Waals surface area contributed by atoms with Crippen LogP contribution in [0.4, 0.5) is 0 Å². The van der Waals surface area contributed by atoms with E-state index in [0.29, 0.717) is 12.8 Å². The van der Waals surface area contributed by atoms with Crippen molar-refractivity contribution in [3.8, 4) is 0 Å². The van der Waals surface area contributed by atoms with E-state index in [2.05, 4.69) is 10.9 Å². The summed E-state index contributed by atoms with van der Waals surface area (Å²) in [6.45, 7) is 1.82. The van der Waals surface area contributed by atoms with E-state index in [1.807, 2.05) is 6.92 Å². The van der Waals surface area contributed by atoms with Gasteiger partial charge in [0, 0.05) is 0 Å². The Bertz CT molecular complexity index is 301. The zero-order chi connectivity index (χ0) is 10.8. The Hall–Kier alpha value is -1.63. The summed E-state index contributed by atoms with van der Waals surface area (Å²) < 4.78 is 0. The average molecular weight is 200 g/mol. The van der Waals surface area contributed by atoms with Crippen molar-refractivity contribution in [3.63, 3.8) is 0 Å². The molecule has 0 bridgehead atoms. The van der Waals surface area contributed by atoms with Gasteiger partial charge in [0.1, 0.15) is 0 Å². The number of nitro groups is 1. The van der Waals surface area contributed by atoms with Crippen LogP contribution in [0.1, 0.15) is 19.8 Å². The number of carbonyl (C=O) groups is 1. The molecule has 0 fully saturated rings. The Balaban J connectivity index is 3.04. The van der Waals surface area contributed by atoms with E-state index in [-0.39, 0.29) is 5.70 Å². The van der Waals surface area contributed by atoms with Crippen molar-refractivity contribution in [1.82, 2.24) is 10.9 Å². The van der Waals surface area contributed by atoms with Crippen molar-refractivity contribution in [3.05, 3.63) is 22.0 Å². The first-order chi connectivity index (χ1) is 6.54. The number of hydrogen-bond acceptors (Lipinski definition) is 5. The second kappa shape index (κ2) is 3.62. The predicted molar refractivity (Wildman–Crippen MR) is 48.2 cm³/mol. The first-order valence-electron chi connectivity index (χ1n) is 4.22. The molecule has 1 aliphatic rings. The van der Waals surface area contributed by atoms with E-state index < -0.39 is 16.4 Å². The molecular formula is C7H12N4O3. The quantitative estimate of drug-likeness (QED) is 0.408. The lowest BCUT2D eigenvalue weighted by atomic mass is 9.91. The molecule has 0 saturated carbocycles. The molecule has 7 heteroatoms. The van der Waals surface area contributed by atoms with Gasteiger partial charge in [-0.05, 0) is 6.42 Å². The SMILES string of the molecule is CCCC1(C(N)=O)NNC=C1[N+](=O)[O-]. The molecular weight excluding hydrogens is 188 g/mol. The summed E-state index contributed by atoms with van der Waals surface area (Å²) in [5, 5.41) is 10.6. The minimum Gasteiger partial charge on any atom is -0.367 e. The highest BCUT2D eigenvalue weighted by atomic mass is 16.6. The molecule has 1 aliphatic heterocycles. The minimum absolute atomic E-state index is 0.230. The van der Waals surface area contributed by atoms with E-state index >= 15 is 0 Å². The van der Waals surface area contributed by atoms with Gasteiger partial charge in [-0.25, -0.2) is 5.43 Å². The number of nitrogens with zero attached hydrogens (tertiary/aromatic N) is 1. The van der Waals surface area contributed by atoms with Crippen molar-refractivity contribution in [2.24, 2.45) is 5.73 Å². The van der Waals surface area contributed by atoms with E-state index in [1.54, 1.807) is 0 Å². The van der Waals surface area contributed by atoms with Gasteiger partial charge in [-0.1, -0.05) is 13.3 Å². The van der Waals surface area contributed by atoms with Gasteiger partial charge in [0.05, 0.1) is 11.1 Å². The highest BCUT2D eigenvalue weighted by molar-refractivity contribution is 5.88. The number of nitrogens with two attached hydrogens (primary N) is 1. The summed E-state index contributed by atoms with van der Waals surface area (Å²) in [6.07, 6.45) is 2.06. The summed E-state index contributed by atoms with van der Waals surface area (Å²) in [6, 6.07) is 0. The van der Waals surface area contributed by atoms with Crippen LogP contribution in [0, 0.1) is 10.1 Å². The fraction of sp³-hybridized carbons (Fsp3) is 0.571. The minimum atomic E-state index is -1.38. The molecule has 14 heavy (non-hydrogen) atoms. The number of primary amides is 1. The number of amides is 1. The smallest absolute Gasteiger partial charge is 0.294 e. The van der Waals surface area contributed by atoms with Crippen LogP contribution in [0.15, 0.2) is 11.9 Å². The van der Waals surface area contributed by atoms with Crippen molar-refractivity contribution in [2.75, 3.05) is 0 Å². The van der Waals surface area contributed by atoms with Gasteiger partial charge in [0.25, 0.3) is 11.6 Å². The molecule has 1 unspecified atom stereocenters. The molecule has 7 nitrogen and oxygen atoms in total.